The van der Waals surface area contributed by atoms with Crippen molar-refractivity contribution in [3.63, 3.8) is 0 Å². The Morgan fingerprint density at radius 3 is 2.88 bits per heavy atom. The molecule has 2 heterocycles. The predicted molar refractivity (Wildman–Crippen MR) is 102 cm³/mol. The molecule has 2 saturated heterocycles. The third-order valence-corrected chi connectivity index (χ3v) is 7.60. The van der Waals surface area contributed by atoms with Gasteiger partial charge >= 0.3 is 0 Å². The predicted octanol–water partition coefficient (Wildman–Crippen LogP) is 2.75. The maximum Gasteiger partial charge on any atom is 0.248 e. The van der Waals surface area contributed by atoms with E-state index in [0.717, 1.165) is 0 Å². The molecule has 0 aliphatic carbocycles. The number of ether oxygens (including phenoxy) is 1. The van der Waals surface area contributed by atoms with Crippen LogP contribution in [-0.4, -0.2) is 49.4 Å². The highest BCUT2D eigenvalue weighted by atomic mass is 35.5. The van der Waals surface area contributed by atoms with Gasteiger partial charge in [-0.2, -0.15) is 4.99 Å². The summed E-state index contributed by atoms with van der Waals surface area (Å²) in [6.07, 6.45) is 1.07. The number of anilines is 1. The molecule has 0 spiro atoms. The van der Waals surface area contributed by atoms with E-state index in [2.05, 4.69) is 4.99 Å². The van der Waals surface area contributed by atoms with Crippen LogP contribution in [0, 0.1) is 0 Å². The molecule has 0 bridgehead atoms. The number of sulfone groups is 1. The lowest BCUT2D eigenvalue weighted by atomic mass is 10.2. The summed E-state index contributed by atoms with van der Waals surface area (Å²) in [5.41, 5.74) is 0.634. The van der Waals surface area contributed by atoms with E-state index in [1.807, 2.05) is 6.92 Å². The highest BCUT2D eigenvalue weighted by Gasteiger charge is 2.50. The Labute approximate surface area is 156 Å². The van der Waals surface area contributed by atoms with Crippen LogP contribution in [-0.2, 0) is 14.6 Å². The summed E-state index contributed by atoms with van der Waals surface area (Å²) in [5.74, 6) is 0.466. The van der Waals surface area contributed by atoms with Crippen LogP contribution in [0.5, 0.6) is 5.75 Å². The second-order valence-electron chi connectivity index (χ2n) is 6.02. The number of amides is 1. The monoisotopic (exact) mass is 402 g/mol. The van der Waals surface area contributed by atoms with Gasteiger partial charge in [0.05, 0.1) is 30.3 Å². The summed E-state index contributed by atoms with van der Waals surface area (Å²) in [4.78, 5) is 18.1. The Morgan fingerprint density at radius 1 is 1.44 bits per heavy atom. The summed E-state index contributed by atoms with van der Waals surface area (Å²) >= 11 is 7.48. The number of thioether (sulfide) groups is 1. The first-order valence-corrected chi connectivity index (χ1v) is 11.0. The third kappa shape index (κ3) is 3.80. The number of amidine groups is 1. The fourth-order valence-corrected chi connectivity index (χ4v) is 7.16. The van der Waals surface area contributed by atoms with Crippen LogP contribution >= 0.6 is 23.4 Å². The van der Waals surface area contributed by atoms with E-state index in [0.29, 0.717) is 34.5 Å². The number of nitrogens with zero attached hydrogens (tertiary/aromatic N) is 2. The molecule has 25 heavy (non-hydrogen) atoms. The van der Waals surface area contributed by atoms with Crippen LogP contribution in [0.1, 0.15) is 19.8 Å². The Morgan fingerprint density at radius 2 is 2.20 bits per heavy atom. The zero-order valence-electron chi connectivity index (χ0n) is 13.9. The van der Waals surface area contributed by atoms with Gasteiger partial charge < -0.3 is 9.64 Å². The smallest absolute Gasteiger partial charge is 0.248 e. The molecule has 2 aliphatic heterocycles. The lowest BCUT2D eigenvalue weighted by molar-refractivity contribution is -0.117. The third-order valence-electron chi connectivity index (χ3n) is 4.15. The van der Waals surface area contributed by atoms with Crippen molar-refractivity contribution in [1.29, 1.82) is 0 Å². The molecule has 136 valence electrons. The van der Waals surface area contributed by atoms with Crippen molar-refractivity contribution >= 4 is 50.0 Å². The number of carbonyl (C=O) groups excluding carboxylic acids is 1. The summed E-state index contributed by atoms with van der Waals surface area (Å²) in [7, 11) is -1.57. The molecular formula is C16H19ClN2O4S2. The van der Waals surface area contributed by atoms with Crippen molar-refractivity contribution < 1.29 is 17.9 Å². The van der Waals surface area contributed by atoms with E-state index < -0.39 is 9.84 Å². The van der Waals surface area contributed by atoms with Crippen LogP contribution < -0.4 is 9.64 Å². The molecule has 0 N–H and O–H groups in total. The van der Waals surface area contributed by atoms with Crippen LogP contribution in [0.15, 0.2) is 23.2 Å². The zero-order valence-corrected chi connectivity index (χ0v) is 16.3. The standard InChI is InChI=1S/C16H19ClN2O4S2/c1-3-4-15(20)18-16-19(11-7-10(17)5-6-13(11)23-2)12-8-25(21,22)9-14(12)24-16/h5-7,12,14H,3-4,8-9H2,1-2H3/t12-,14-/m0/s1. The Kier molecular flexibility index (Phi) is 5.31. The summed E-state index contributed by atoms with van der Waals surface area (Å²) in [6, 6.07) is 4.86. The molecule has 1 aromatic rings. The fourth-order valence-electron chi connectivity index (χ4n) is 3.07. The van der Waals surface area contributed by atoms with Gasteiger partial charge in [-0.1, -0.05) is 30.3 Å². The molecule has 9 heteroatoms. The van der Waals surface area contributed by atoms with E-state index in [4.69, 9.17) is 16.3 Å². The average molecular weight is 403 g/mol. The van der Waals surface area contributed by atoms with Crippen LogP contribution in [0.25, 0.3) is 0 Å². The number of methoxy groups -OCH3 is 1. The van der Waals surface area contributed by atoms with Gasteiger partial charge in [-0.15, -0.1) is 0 Å². The summed E-state index contributed by atoms with van der Waals surface area (Å²) in [6.45, 7) is 1.92. The lowest BCUT2D eigenvalue weighted by Gasteiger charge is -2.26. The molecule has 2 aliphatic rings. The van der Waals surface area contributed by atoms with Crippen molar-refractivity contribution in [1.82, 2.24) is 0 Å². The van der Waals surface area contributed by atoms with Gasteiger partial charge in [-0.25, -0.2) is 8.42 Å². The number of benzene rings is 1. The summed E-state index contributed by atoms with van der Waals surface area (Å²) in [5, 5.41) is 0.870. The molecule has 0 aromatic heterocycles. The fraction of sp³-hybridized carbons (Fsp3) is 0.500. The van der Waals surface area contributed by atoms with E-state index in [-0.39, 0.29) is 28.7 Å². The quantitative estimate of drug-likeness (QED) is 0.770. The molecule has 3 rings (SSSR count). The van der Waals surface area contributed by atoms with Crippen molar-refractivity contribution in [3.8, 4) is 5.75 Å². The number of halogens is 1. The maximum absolute atomic E-state index is 12.1. The molecule has 0 unspecified atom stereocenters. The highest BCUT2D eigenvalue weighted by molar-refractivity contribution is 8.16. The Hall–Kier alpha value is -1.25. The molecule has 0 saturated carbocycles. The minimum absolute atomic E-state index is 0.0291. The summed E-state index contributed by atoms with van der Waals surface area (Å²) < 4.78 is 29.6. The van der Waals surface area contributed by atoms with Gasteiger partial charge in [0.25, 0.3) is 0 Å². The highest BCUT2D eigenvalue weighted by Crippen LogP contribution is 2.44. The number of rotatable bonds is 4. The lowest BCUT2D eigenvalue weighted by Crippen LogP contribution is -2.38. The van der Waals surface area contributed by atoms with Gasteiger partial charge in [-0.3, -0.25) is 4.79 Å². The van der Waals surface area contributed by atoms with Crippen LogP contribution in [0.3, 0.4) is 0 Å². The first-order chi connectivity index (χ1) is 11.8. The van der Waals surface area contributed by atoms with Crippen LogP contribution in [0.4, 0.5) is 5.69 Å². The van der Waals surface area contributed by atoms with Crippen molar-refractivity contribution in [2.75, 3.05) is 23.5 Å². The maximum atomic E-state index is 12.1. The topological polar surface area (TPSA) is 76.0 Å². The van der Waals surface area contributed by atoms with Gasteiger partial charge in [0.1, 0.15) is 5.75 Å². The zero-order chi connectivity index (χ0) is 18.2. The molecule has 2 fully saturated rings. The van der Waals surface area contributed by atoms with E-state index in [9.17, 15) is 13.2 Å². The first-order valence-electron chi connectivity index (χ1n) is 7.96. The number of aliphatic imine (C=N–C) groups is 1. The molecule has 1 amide bonds. The molecule has 6 nitrogen and oxygen atoms in total. The van der Waals surface area contributed by atoms with E-state index >= 15 is 0 Å². The molecular weight excluding hydrogens is 384 g/mol. The van der Waals surface area contributed by atoms with E-state index in [1.54, 1.807) is 23.1 Å². The number of carbonyl (C=O) groups is 1. The number of fused-ring (bicyclic) bond motifs is 1. The molecule has 0 radical (unpaired) electrons. The average Bonchev–Trinajstić information content (AvgIpc) is 2.98. The van der Waals surface area contributed by atoms with Crippen molar-refractivity contribution in [3.05, 3.63) is 23.2 Å². The van der Waals surface area contributed by atoms with Gasteiger partial charge in [0.2, 0.25) is 5.91 Å². The Balaban J connectivity index is 2.07. The first kappa shape index (κ1) is 18.5. The van der Waals surface area contributed by atoms with E-state index in [1.165, 1.54) is 18.9 Å². The second kappa shape index (κ2) is 7.17. The second-order valence-corrected chi connectivity index (χ2v) is 9.82. The molecule has 1 aromatic carbocycles. The largest absolute Gasteiger partial charge is 0.495 e. The Bertz CT molecular complexity index is 825. The number of hydrogen-bond acceptors (Lipinski definition) is 5. The van der Waals surface area contributed by atoms with Gasteiger partial charge in [-0.05, 0) is 24.6 Å². The minimum atomic E-state index is -3.11. The van der Waals surface area contributed by atoms with Crippen LogP contribution in [0.2, 0.25) is 5.02 Å². The van der Waals surface area contributed by atoms with Crippen molar-refractivity contribution in [2.24, 2.45) is 4.99 Å². The molecule has 2 atom stereocenters. The van der Waals surface area contributed by atoms with Gasteiger partial charge in [0, 0.05) is 16.7 Å². The SMILES string of the molecule is CCCC(=O)N=C1S[C@H]2CS(=O)(=O)C[C@@H]2N1c1cc(Cl)ccc1OC. The normalized spacial score (nSPS) is 26.0. The number of hydrogen-bond donors (Lipinski definition) is 0. The van der Waals surface area contributed by atoms with Gasteiger partial charge in [0.15, 0.2) is 15.0 Å². The minimum Gasteiger partial charge on any atom is -0.495 e. The van der Waals surface area contributed by atoms with Crippen molar-refractivity contribution in [2.45, 2.75) is 31.1 Å².